The predicted octanol–water partition coefficient (Wildman–Crippen LogP) is 4.90. The van der Waals surface area contributed by atoms with Crippen molar-refractivity contribution in [3.05, 3.63) is 49.0 Å². The molecular formula is C18H17Br2N3OS. The van der Waals surface area contributed by atoms with Crippen molar-refractivity contribution < 1.29 is 4.74 Å². The number of thiophene rings is 1. The molecule has 5 rings (SSSR count). The normalized spacial score (nSPS) is 23.8. The molecule has 3 aliphatic heterocycles. The summed E-state index contributed by atoms with van der Waals surface area (Å²) in [6, 6.07) is 10.8. The Morgan fingerprint density at radius 2 is 2.04 bits per heavy atom. The van der Waals surface area contributed by atoms with Crippen molar-refractivity contribution in [2.75, 3.05) is 13.1 Å². The van der Waals surface area contributed by atoms with Gasteiger partial charge in [-0.25, -0.2) is 5.01 Å². The number of fused-ring (bicyclic) bond motifs is 4. The fraction of sp³-hybridized carbons (Fsp3) is 0.389. The van der Waals surface area contributed by atoms with Gasteiger partial charge in [-0.15, -0.1) is 11.3 Å². The van der Waals surface area contributed by atoms with Crippen molar-refractivity contribution >= 4 is 48.9 Å². The molecule has 25 heavy (non-hydrogen) atoms. The highest BCUT2D eigenvalue weighted by Crippen LogP contribution is 2.50. The molecule has 1 aromatic carbocycles. The number of hydrogen-bond acceptors (Lipinski definition) is 5. The zero-order valence-corrected chi connectivity index (χ0v) is 17.5. The number of hydrogen-bond donors (Lipinski definition) is 1. The summed E-state index contributed by atoms with van der Waals surface area (Å²) in [5, 5.41) is 10.8. The number of nitrogens with zero attached hydrogens (tertiary/aromatic N) is 2. The molecule has 4 nitrogen and oxygen atoms in total. The Bertz CT molecular complexity index is 860. The van der Waals surface area contributed by atoms with E-state index >= 15 is 0 Å². The smallest absolute Gasteiger partial charge is 0.200 e. The molecule has 1 fully saturated rings. The fourth-order valence-corrected chi connectivity index (χ4v) is 5.78. The van der Waals surface area contributed by atoms with E-state index < -0.39 is 0 Å². The first-order chi connectivity index (χ1) is 12.1. The first kappa shape index (κ1) is 16.3. The van der Waals surface area contributed by atoms with Crippen LogP contribution in [0.25, 0.3) is 0 Å². The lowest BCUT2D eigenvalue weighted by molar-refractivity contribution is -0.136. The summed E-state index contributed by atoms with van der Waals surface area (Å²) in [4.78, 5) is 1.24. The second-order valence-electron chi connectivity index (χ2n) is 6.70. The molecule has 3 aliphatic rings. The van der Waals surface area contributed by atoms with Crippen LogP contribution in [-0.2, 0) is 0 Å². The van der Waals surface area contributed by atoms with E-state index in [1.807, 2.05) is 0 Å². The van der Waals surface area contributed by atoms with Gasteiger partial charge in [-0.3, -0.25) is 0 Å². The molecule has 1 atom stereocenters. The maximum Gasteiger partial charge on any atom is 0.200 e. The lowest BCUT2D eigenvalue weighted by Gasteiger charge is -2.49. The highest BCUT2D eigenvalue weighted by atomic mass is 79.9. The van der Waals surface area contributed by atoms with E-state index in [-0.39, 0.29) is 11.8 Å². The predicted molar refractivity (Wildman–Crippen MR) is 107 cm³/mol. The van der Waals surface area contributed by atoms with Gasteiger partial charge in [-0.1, -0.05) is 15.9 Å². The molecule has 1 spiro atoms. The van der Waals surface area contributed by atoms with Crippen LogP contribution in [0.2, 0.25) is 0 Å². The molecule has 1 aromatic heterocycles. The van der Waals surface area contributed by atoms with E-state index in [9.17, 15) is 0 Å². The average molecular weight is 483 g/mol. The fourth-order valence-electron chi connectivity index (χ4n) is 4.02. The number of piperidine rings is 1. The zero-order valence-electron chi connectivity index (χ0n) is 13.5. The van der Waals surface area contributed by atoms with Crippen LogP contribution >= 0.6 is 43.2 Å². The maximum absolute atomic E-state index is 6.57. The van der Waals surface area contributed by atoms with Gasteiger partial charge >= 0.3 is 0 Å². The maximum atomic E-state index is 6.57. The Morgan fingerprint density at radius 1 is 1.20 bits per heavy atom. The van der Waals surface area contributed by atoms with Crippen LogP contribution in [0.3, 0.4) is 0 Å². The van der Waals surface area contributed by atoms with Gasteiger partial charge in [0, 0.05) is 42.4 Å². The second kappa shape index (κ2) is 6.08. The van der Waals surface area contributed by atoms with Crippen molar-refractivity contribution in [1.82, 2.24) is 10.3 Å². The zero-order chi connectivity index (χ0) is 17.0. The summed E-state index contributed by atoms with van der Waals surface area (Å²) >= 11 is 8.93. The first-order valence-electron chi connectivity index (χ1n) is 8.46. The summed E-state index contributed by atoms with van der Waals surface area (Å²) < 4.78 is 8.80. The van der Waals surface area contributed by atoms with Crippen LogP contribution in [0.4, 0.5) is 0 Å². The number of nitrogens with one attached hydrogen (secondary N) is 1. The SMILES string of the molecule is Brc1ccc2c(c1)[C@@H]1CC(c3ccc(Br)s3)=NN1C1(CCNCC1)O2. The van der Waals surface area contributed by atoms with Crippen LogP contribution in [0, 0.1) is 0 Å². The Kier molecular flexibility index (Phi) is 3.96. The topological polar surface area (TPSA) is 36.9 Å². The summed E-state index contributed by atoms with van der Waals surface area (Å²) in [7, 11) is 0. The molecule has 1 N–H and O–H groups in total. The van der Waals surface area contributed by atoms with Gasteiger partial charge in [0.05, 0.1) is 20.4 Å². The summed E-state index contributed by atoms with van der Waals surface area (Å²) in [6.45, 7) is 1.93. The molecule has 7 heteroatoms. The van der Waals surface area contributed by atoms with Gasteiger partial charge in [0.25, 0.3) is 0 Å². The molecule has 0 radical (unpaired) electrons. The number of benzene rings is 1. The standard InChI is InChI=1S/C18H17Br2N3OS/c19-11-1-2-15-12(9-11)14-10-13(16-3-4-17(20)25-16)22-23(14)18(24-15)5-7-21-8-6-18/h1-4,9,14,21H,5-8,10H2/t14-/m0/s1. The number of ether oxygens (including phenoxy) is 1. The Hall–Kier alpha value is -0.890. The van der Waals surface area contributed by atoms with Crippen LogP contribution in [-0.4, -0.2) is 29.5 Å². The van der Waals surface area contributed by atoms with Crippen LogP contribution < -0.4 is 10.1 Å². The van der Waals surface area contributed by atoms with Gasteiger partial charge in [-0.05, 0) is 46.3 Å². The summed E-state index contributed by atoms with van der Waals surface area (Å²) in [6.07, 6.45) is 2.82. The third-order valence-electron chi connectivity index (χ3n) is 5.20. The molecule has 130 valence electrons. The van der Waals surface area contributed by atoms with Crippen molar-refractivity contribution in [3.63, 3.8) is 0 Å². The van der Waals surface area contributed by atoms with E-state index in [1.165, 1.54) is 10.4 Å². The minimum absolute atomic E-state index is 0.246. The van der Waals surface area contributed by atoms with Gasteiger partial charge in [-0.2, -0.15) is 5.10 Å². The average Bonchev–Trinajstić information content (AvgIpc) is 3.24. The molecule has 4 heterocycles. The number of hydrazone groups is 1. The van der Waals surface area contributed by atoms with Crippen LogP contribution in [0.1, 0.15) is 35.7 Å². The minimum Gasteiger partial charge on any atom is -0.466 e. The number of rotatable bonds is 1. The van der Waals surface area contributed by atoms with Gasteiger partial charge in [0.15, 0.2) is 0 Å². The van der Waals surface area contributed by atoms with Crippen molar-refractivity contribution in [2.24, 2.45) is 5.10 Å². The second-order valence-corrected chi connectivity index (χ2v) is 10.1. The third-order valence-corrected chi connectivity index (χ3v) is 7.37. The lowest BCUT2D eigenvalue weighted by atomic mass is 9.92. The van der Waals surface area contributed by atoms with Crippen LogP contribution in [0.5, 0.6) is 5.75 Å². The Morgan fingerprint density at radius 3 is 2.80 bits per heavy atom. The summed E-state index contributed by atoms with van der Waals surface area (Å²) in [5.74, 6) is 1.01. The Balaban J connectivity index is 1.61. The third kappa shape index (κ3) is 2.67. The number of halogens is 2. The van der Waals surface area contributed by atoms with E-state index in [4.69, 9.17) is 9.84 Å². The van der Waals surface area contributed by atoms with E-state index in [0.717, 1.165) is 52.1 Å². The monoisotopic (exact) mass is 481 g/mol. The van der Waals surface area contributed by atoms with Crippen molar-refractivity contribution in [2.45, 2.75) is 31.0 Å². The van der Waals surface area contributed by atoms with Gasteiger partial charge in [0.1, 0.15) is 5.75 Å². The molecule has 0 bridgehead atoms. The van der Waals surface area contributed by atoms with Crippen LogP contribution in [0.15, 0.2) is 43.7 Å². The van der Waals surface area contributed by atoms with Crippen molar-refractivity contribution in [3.8, 4) is 5.75 Å². The molecule has 0 saturated carbocycles. The molecule has 0 amide bonds. The summed E-state index contributed by atoms with van der Waals surface area (Å²) in [5.41, 5.74) is 2.07. The molecule has 1 saturated heterocycles. The lowest BCUT2D eigenvalue weighted by Crippen LogP contribution is -2.58. The molecule has 0 unspecified atom stereocenters. The van der Waals surface area contributed by atoms with E-state index in [2.05, 4.69) is 72.5 Å². The largest absolute Gasteiger partial charge is 0.466 e. The Labute approximate surface area is 167 Å². The van der Waals surface area contributed by atoms with Crippen molar-refractivity contribution in [1.29, 1.82) is 0 Å². The molecule has 0 aliphatic carbocycles. The highest BCUT2D eigenvalue weighted by molar-refractivity contribution is 9.11. The van der Waals surface area contributed by atoms with E-state index in [0.29, 0.717) is 0 Å². The van der Waals surface area contributed by atoms with E-state index in [1.54, 1.807) is 11.3 Å². The highest BCUT2D eigenvalue weighted by Gasteiger charge is 2.51. The molecular weight excluding hydrogens is 466 g/mol. The van der Waals surface area contributed by atoms with Gasteiger partial charge in [0.2, 0.25) is 5.72 Å². The van der Waals surface area contributed by atoms with Gasteiger partial charge < -0.3 is 10.1 Å². The quantitative estimate of drug-likeness (QED) is 0.628. The molecule has 2 aromatic rings. The minimum atomic E-state index is -0.326. The first-order valence-corrected chi connectivity index (χ1v) is 10.9.